The molecular formula is C64H70N2O2. The van der Waals surface area contributed by atoms with Gasteiger partial charge in [0.05, 0.1) is 19.8 Å². The molecule has 28 atom stereocenters. The maximum Gasteiger partial charge on any atom is 0.0700 e. The van der Waals surface area contributed by atoms with Crippen LogP contribution >= 0.6 is 0 Å². The zero-order valence-electron chi connectivity index (χ0n) is 40.1. The maximum atomic E-state index is 6.51. The van der Waals surface area contributed by atoms with Gasteiger partial charge in [0, 0.05) is 60.6 Å². The molecule has 0 aromatic heterocycles. The summed E-state index contributed by atoms with van der Waals surface area (Å²) < 4.78 is 12.0. The molecule has 0 bridgehead atoms. The SMILES string of the molecule is COCCOCCN1CC2C3=C4C5C6=C(C3)CC3CC7CC8CC9CC%10CC%11CC2(C2C4C4C5C5C(C63)C7C3C8C9C6C%10C(C4C6C35)C%112)C1c1ccc(N(c2ccccc2)c2ccccc2)cc1. The third kappa shape index (κ3) is 3.88. The van der Waals surface area contributed by atoms with Crippen LogP contribution in [-0.4, -0.2) is 44.9 Å². The van der Waals surface area contributed by atoms with Crippen molar-refractivity contribution in [2.24, 2.45) is 159 Å². The molecule has 0 N–H and O–H groups in total. The third-order valence-corrected chi connectivity index (χ3v) is 27.4. The number of hydrogen-bond donors (Lipinski definition) is 0. The van der Waals surface area contributed by atoms with Crippen molar-refractivity contribution in [2.75, 3.05) is 44.9 Å². The number of methoxy groups -OCH3 is 1. The summed E-state index contributed by atoms with van der Waals surface area (Å²) in [6.45, 7) is 4.50. The molecule has 17 aliphatic rings. The average Bonchev–Trinajstić information content (AvgIpc) is 4.24. The fraction of sp³-hybridized carbons (Fsp3) is 0.656. The van der Waals surface area contributed by atoms with Gasteiger partial charge in [-0.25, -0.2) is 0 Å². The second-order valence-corrected chi connectivity index (χ2v) is 27.8. The molecule has 3 aromatic carbocycles. The Morgan fingerprint density at radius 2 is 1.12 bits per heavy atom. The fourth-order valence-corrected chi connectivity index (χ4v) is 28.1. The van der Waals surface area contributed by atoms with Crippen LogP contribution in [-0.2, 0) is 9.47 Å². The quantitative estimate of drug-likeness (QED) is 0.150. The van der Waals surface area contributed by atoms with Gasteiger partial charge in [-0.15, -0.1) is 0 Å². The van der Waals surface area contributed by atoms with Crippen molar-refractivity contribution in [1.29, 1.82) is 0 Å². The van der Waals surface area contributed by atoms with Crippen LogP contribution in [0.4, 0.5) is 17.1 Å². The number of nitrogens with zero attached hydrogens (tertiary/aromatic N) is 2. The van der Waals surface area contributed by atoms with E-state index in [4.69, 9.17) is 9.47 Å². The summed E-state index contributed by atoms with van der Waals surface area (Å²) >= 11 is 0. The minimum absolute atomic E-state index is 0.328. The van der Waals surface area contributed by atoms with Crippen LogP contribution in [0.15, 0.2) is 107 Å². The second-order valence-electron chi connectivity index (χ2n) is 27.8. The highest BCUT2D eigenvalue weighted by molar-refractivity contribution is 5.76. The van der Waals surface area contributed by atoms with Gasteiger partial charge in [0.15, 0.2) is 0 Å². The van der Waals surface area contributed by atoms with Gasteiger partial charge < -0.3 is 14.4 Å². The Bertz CT molecular complexity index is 2740. The van der Waals surface area contributed by atoms with Crippen LogP contribution in [0.1, 0.15) is 63.0 Å². The molecule has 0 radical (unpaired) electrons. The molecule has 28 unspecified atom stereocenters. The van der Waals surface area contributed by atoms with Gasteiger partial charge in [-0.05, 0) is 235 Å². The number of para-hydroxylation sites is 2. The first-order valence-corrected chi connectivity index (χ1v) is 29.0. The number of likely N-dealkylation sites (tertiary alicyclic amines) is 1. The molecule has 13 saturated carbocycles. The van der Waals surface area contributed by atoms with Crippen molar-refractivity contribution in [3.63, 3.8) is 0 Å². The summed E-state index contributed by atoms with van der Waals surface area (Å²) in [5.41, 5.74) is 14.3. The fourth-order valence-electron chi connectivity index (χ4n) is 28.1. The van der Waals surface area contributed by atoms with Gasteiger partial charge in [0.1, 0.15) is 0 Å². The maximum absolute atomic E-state index is 6.51. The lowest BCUT2D eigenvalue weighted by Crippen LogP contribution is -2.59. The molecule has 4 heteroatoms. The molecule has 1 aliphatic heterocycles. The number of benzene rings is 3. The molecule has 1 heterocycles. The second kappa shape index (κ2) is 12.3. The van der Waals surface area contributed by atoms with Gasteiger partial charge in [-0.1, -0.05) is 70.8 Å². The van der Waals surface area contributed by atoms with Gasteiger partial charge in [-0.2, -0.15) is 0 Å². The van der Waals surface area contributed by atoms with Crippen molar-refractivity contribution in [3.05, 3.63) is 113 Å². The van der Waals surface area contributed by atoms with E-state index in [1.165, 1.54) is 42.9 Å². The number of anilines is 3. The van der Waals surface area contributed by atoms with Gasteiger partial charge in [0.25, 0.3) is 0 Å². The Balaban J connectivity index is 0.803. The van der Waals surface area contributed by atoms with Crippen molar-refractivity contribution < 1.29 is 9.47 Å². The topological polar surface area (TPSA) is 24.9 Å². The van der Waals surface area contributed by atoms with Crippen LogP contribution < -0.4 is 4.90 Å². The highest BCUT2D eigenvalue weighted by Gasteiger charge is 2.88. The van der Waals surface area contributed by atoms with Crippen molar-refractivity contribution in [3.8, 4) is 0 Å². The summed E-state index contributed by atoms with van der Waals surface area (Å²) in [7, 11) is 1.82. The predicted molar refractivity (Wildman–Crippen MR) is 262 cm³/mol. The largest absolute Gasteiger partial charge is 0.382 e. The standard InChI is InChI=1S/C64H70N2O2/c1-67-18-19-68-17-16-65-28-41-40-26-35-24-32-22-33-21-30-20-31-23-34-25-36-27-64(41,63(65)29-12-14-39(15-13-29)66(37-8-4-2-5-9-37)38-10-6-3-7-11-38)62-48(36)53-47(34)52-43(31)42(30)50-46(33)51-44(32)45(35)54-49(40)61(62)60-58(53)56(52)55(50)57(51)59(54)60/h2-15,30-34,36,41-44,46-48,50-63H,16-28H2,1H3. The first kappa shape index (κ1) is 37.6. The molecule has 14 fully saturated rings. The number of ether oxygens (including phenoxy) is 2. The van der Waals surface area contributed by atoms with Crippen molar-refractivity contribution in [1.82, 2.24) is 4.90 Å². The summed E-state index contributed by atoms with van der Waals surface area (Å²) in [5, 5.41) is 0. The molecule has 348 valence electrons. The normalized spacial score (nSPS) is 55.9. The predicted octanol–water partition coefficient (Wildman–Crippen LogP) is 12.1. The van der Waals surface area contributed by atoms with E-state index in [0.29, 0.717) is 30.6 Å². The molecule has 20 rings (SSSR count). The van der Waals surface area contributed by atoms with E-state index in [1.54, 1.807) is 37.7 Å². The Kier molecular flexibility index (Phi) is 6.82. The number of hydrogen-bond acceptors (Lipinski definition) is 4. The molecule has 3 aromatic rings. The van der Waals surface area contributed by atoms with E-state index in [1.807, 2.05) is 7.11 Å². The molecule has 1 saturated heterocycles. The van der Waals surface area contributed by atoms with E-state index < -0.39 is 0 Å². The number of allylic oxidation sites excluding steroid dienone is 3. The monoisotopic (exact) mass is 899 g/mol. The zero-order chi connectivity index (χ0) is 43.4. The van der Waals surface area contributed by atoms with Gasteiger partial charge in [-0.3, -0.25) is 4.90 Å². The Hall–Kier alpha value is -3.18. The summed E-state index contributed by atoms with van der Waals surface area (Å²) in [4.78, 5) is 5.58. The van der Waals surface area contributed by atoms with Crippen LogP contribution in [0.5, 0.6) is 0 Å². The van der Waals surface area contributed by atoms with E-state index in [-0.39, 0.29) is 0 Å². The highest BCUT2D eigenvalue weighted by atomic mass is 16.5. The number of fused-ring (bicyclic) bond motifs is 1. The van der Waals surface area contributed by atoms with Crippen LogP contribution in [0, 0.1) is 159 Å². The summed E-state index contributed by atoms with van der Waals surface area (Å²) in [6, 6.07) is 33.1. The smallest absolute Gasteiger partial charge is 0.0700 e. The Morgan fingerprint density at radius 1 is 0.544 bits per heavy atom. The van der Waals surface area contributed by atoms with Crippen molar-refractivity contribution in [2.45, 2.75) is 57.4 Å². The summed E-state index contributed by atoms with van der Waals surface area (Å²) in [5.74, 6) is 27.1. The summed E-state index contributed by atoms with van der Waals surface area (Å²) in [6.07, 6.45) is 12.7. The first-order chi connectivity index (χ1) is 33.7. The van der Waals surface area contributed by atoms with E-state index in [0.717, 1.165) is 161 Å². The van der Waals surface area contributed by atoms with Crippen molar-refractivity contribution >= 4 is 17.1 Å². The molecule has 4 nitrogen and oxygen atoms in total. The van der Waals surface area contributed by atoms with E-state index in [9.17, 15) is 0 Å². The zero-order valence-corrected chi connectivity index (χ0v) is 40.1. The van der Waals surface area contributed by atoms with E-state index in [2.05, 4.69) is 117 Å². The van der Waals surface area contributed by atoms with Crippen LogP contribution in [0.3, 0.4) is 0 Å². The first-order valence-electron chi connectivity index (χ1n) is 29.0. The minimum atomic E-state index is 0.328. The number of rotatable bonds is 10. The molecule has 0 amide bonds. The van der Waals surface area contributed by atoms with Gasteiger partial charge >= 0.3 is 0 Å². The van der Waals surface area contributed by atoms with Crippen LogP contribution in [0.2, 0.25) is 0 Å². The van der Waals surface area contributed by atoms with Crippen LogP contribution in [0.25, 0.3) is 0 Å². The third-order valence-electron chi connectivity index (χ3n) is 27.4. The lowest BCUT2D eigenvalue weighted by molar-refractivity contribution is -0.149. The molecular weight excluding hydrogens is 829 g/mol. The Morgan fingerprint density at radius 3 is 1.82 bits per heavy atom. The average molecular weight is 899 g/mol. The lowest BCUT2D eigenvalue weighted by Gasteiger charge is -2.62. The Labute approximate surface area is 404 Å². The highest BCUT2D eigenvalue weighted by Crippen LogP contribution is 2.93. The van der Waals surface area contributed by atoms with Gasteiger partial charge in [0.2, 0.25) is 0 Å². The lowest BCUT2D eigenvalue weighted by atomic mass is 9.41. The molecule has 16 aliphatic carbocycles. The molecule has 1 spiro atoms. The van der Waals surface area contributed by atoms with E-state index >= 15 is 0 Å². The minimum Gasteiger partial charge on any atom is -0.382 e. The molecule has 68 heavy (non-hydrogen) atoms.